The highest BCUT2D eigenvalue weighted by atomic mass is 32.1. The van der Waals surface area contributed by atoms with Crippen LogP contribution in [-0.4, -0.2) is 20.9 Å². The number of carbonyl (C=O) groups is 1. The fourth-order valence-corrected chi connectivity index (χ4v) is 4.02. The van der Waals surface area contributed by atoms with Crippen LogP contribution in [0.4, 0.5) is 5.82 Å². The minimum Gasteiger partial charge on any atom is -0.306 e. The fourth-order valence-electron chi connectivity index (χ4n) is 2.89. The Balaban J connectivity index is 1.72. The average Bonchev–Trinajstić information content (AvgIpc) is 3.31. The Hall–Kier alpha value is -2.34. The third-order valence-corrected chi connectivity index (χ3v) is 5.45. The molecule has 122 valence electrons. The molecule has 0 spiro atoms. The summed E-state index contributed by atoms with van der Waals surface area (Å²) in [5.41, 5.74) is 2.78. The molecular weight excluding hydrogens is 320 g/mol. The molecule has 0 radical (unpaired) electrons. The van der Waals surface area contributed by atoms with E-state index < -0.39 is 0 Å². The second-order valence-corrected chi connectivity index (χ2v) is 7.30. The van der Waals surface area contributed by atoms with Crippen LogP contribution in [-0.2, 0) is 0 Å². The monoisotopic (exact) mass is 338 g/mol. The summed E-state index contributed by atoms with van der Waals surface area (Å²) in [7, 11) is 0. The number of thiophene rings is 1. The number of hydrogen-bond acceptors (Lipinski definition) is 5. The molecule has 0 atom stereocenters. The van der Waals surface area contributed by atoms with Gasteiger partial charge in [-0.25, -0.2) is 15.0 Å². The van der Waals surface area contributed by atoms with Crippen molar-refractivity contribution < 1.29 is 4.79 Å². The Labute approximate surface area is 144 Å². The van der Waals surface area contributed by atoms with E-state index in [0.717, 1.165) is 33.0 Å². The number of amides is 1. The van der Waals surface area contributed by atoms with Crippen LogP contribution in [0.2, 0.25) is 0 Å². The largest absolute Gasteiger partial charge is 0.306 e. The molecule has 0 aromatic carbocycles. The molecular formula is C18H18N4OS. The van der Waals surface area contributed by atoms with E-state index in [-0.39, 0.29) is 5.91 Å². The zero-order valence-electron chi connectivity index (χ0n) is 13.9. The van der Waals surface area contributed by atoms with E-state index >= 15 is 0 Å². The molecule has 1 saturated carbocycles. The van der Waals surface area contributed by atoms with Crippen molar-refractivity contribution in [3.05, 3.63) is 45.9 Å². The number of anilines is 1. The molecule has 24 heavy (non-hydrogen) atoms. The first-order valence-corrected chi connectivity index (χ1v) is 8.87. The van der Waals surface area contributed by atoms with Crippen LogP contribution in [0.5, 0.6) is 0 Å². The second-order valence-electron chi connectivity index (χ2n) is 6.30. The van der Waals surface area contributed by atoms with Crippen LogP contribution < -0.4 is 5.32 Å². The zero-order valence-corrected chi connectivity index (χ0v) is 14.7. The van der Waals surface area contributed by atoms with Crippen LogP contribution in [0.3, 0.4) is 0 Å². The number of aryl methyl sites for hydroxylation is 3. The maximum Gasteiger partial charge on any atom is 0.267 e. The number of nitrogens with zero attached hydrogens (tertiary/aromatic N) is 3. The first kappa shape index (κ1) is 15.2. The molecule has 1 amide bonds. The molecule has 3 aromatic rings. The van der Waals surface area contributed by atoms with Crippen LogP contribution >= 0.6 is 11.3 Å². The zero-order chi connectivity index (χ0) is 16.8. The molecule has 0 bridgehead atoms. The van der Waals surface area contributed by atoms with Crippen molar-refractivity contribution in [2.75, 3.05) is 5.32 Å². The molecule has 0 saturated heterocycles. The fraction of sp³-hybridized carbons (Fsp3) is 0.333. The van der Waals surface area contributed by atoms with Crippen LogP contribution in [0.15, 0.2) is 18.2 Å². The van der Waals surface area contributed by atoms with Gasteiger partial charge in [0.15, 0.2) is 0 Å². The number of hydrogen-bond donors (Lipinski definition) is 1. The topological polar surface area (TPSA) is 67.8 Å². The van der Waals surface area contributed by atoms with Crippen molar-refractivity contribution in [2.45, 2.75) is 39.5 Å². The summed E-state index contributed by atoms with van der Waals surface area (Å²) in [6.45, 7) is 5.86. The summed E-state index contributed by atoms with van der Waals surface area (Å²) in [5.74, 6) is 1.86. The van der Waals surface area contributed by atoms with Gasteiger partial charge in [-0.05, 0) is 51.3 Å². The van der Waals surface area contributed by atoms with E-state index in [1.54, 1.807) is 6.07 Å². The lowest BCUT2D eigenvalue weighted by molar-refractivity contribution is 0.102. The Bertz CT molecular complexity index is 959. The van der Waals surface area contributed by atoms with Gasteiger partial charge < -0.3 is 5.32 Å². The van der Waals surface area contributed by atoms with Gasteiger partial charge in [0.1, 0.15) is 16.5 Å². The summed E-state index contributed by atoms with van der Waals surface area (Å²) >= 11 is 1.44. The van der Waals surface area contributed by atoms with Crippen molar-refractivity contribution >= 4 is 33.3 Å². The highest BCUT2D eigenvalue weighted by molar-refractivity contribution is 7.20. The van der Waals surface area contributed by atoms with Gasteiger partial charge in [0, 0.05) is 17.0 Å². The lowest BCUT2D eigenvalue weighted by atomic mass is 10.1. The Morgan fingerprint density at radius 2 is 1.96 bits per heavy atom. The molecule has 3 aromatic heterocycles. The predicted molar refractivity (Wildman–Crippen MR) is 95.8 cm³/mol. The SMILES string of the molecule is Cc1cccc(NC(=O)c2sc3nc(C4CC4)nc(C)c3c2C)n1. The molecule has 6 heteroatoms. The molecule has 1 N–H and O–H groups in total. The van der Waals surface area contributed by atoms with Crippen molar-refractivity contribution in [2.24, 2.45) is 0 Å². The minimum absolute atomic E-state index is 0.138. The van der Waals surface area contributed by atoms with E-state index in [2.05, 4.69) is 15.3 Å². The molecule has 4 rings (SSSR count). The molecule has 1 aliphatic rings. The molecule has 1 aliphatic carbocycles. The van der Waals surface area contributed by atoms with Gasteiger partial charge >= 0.3 is 0 Å². The first-order chi connectivity index (χ1) is 11.5. The summed E-state index contributed by atoms with van der Waals surface area (Å²) in [6, 6.07) is 5.58. The van der Waals surface area contributed by atoms with E-state index in [0.29, 0.717) is 16.6 Å². The van der Waals surface area contributed by atoms with E-state index in [1.807, 2.05) is 32.9 Å². The predicted octanol–water partition coefficient (Wildman–Crippen LogP) is 4.14. The third kappa shape index (κ3) is 2.67. The quantitative estimate of drug-likeness (QED) is 0.779. The number of aromatic nitrogens is 3. The summed E-state index contributed by atoms with van der Waals surface area (Å²) in [4.78, 5) is 27.9. The van der Waals surface area contributed by atoms with E-state index in [9.17, 15) is 4.79 Å². The minimum atomic E-state index is -0.138. The third-order valence-electron chi connectivity index (χ3n) is 4.27. The van der Waals surface area contributed by atoms with Gasteiger partial charge in [0.2, 0.25) is 0 Å². The van der Waals surface area contributed by atoms with Gasteiger partial charge in [-0.3, -0.25) is 4.79 Å². The average molecular weight is 338 g/mol. The number of fused-ring (bicyclic) bond motifs is 1. The summed E-state index contributed by atoms with van der Waals surface area (Å²) in [5, 5.41) is 3.89. The Kier molecular flexibility index (Phi) is 3.57. The number of carbonyl (C=O) groups excluding carboxylic acids is 1. The lowest BCUT2D eigenvalue weighted by Crippen LogP contribution is -2.12. The normalized spacial score (nSPS) is 14.1. The lowest BCUT2D eigenvalue weighted by Gasteiger charge is -2.04. The molecule has 5 nitrogen and oxygen atoms in total. The van der Waals surface area contributed by atoms with Gasteiger partial charge in [-0.15, -0.1) is 11.3 Å². The Morgan fingerprint density at radius 3 is 2.67 bits per heavy atom. The van der Waals surface area contributed by atoms with Crippen molar-refractivity contribution in [1.82, 2.24) is 15.0 Å². The van der Waals surface area contributed by atoms with Gasteiger partial charge in [0.25, 0.3) is 5.91 Å². The Morgan fingerprint density at radius 1 is 1.17 bits per heavy atom. The molecule has 3 heterocycles. The summed E-state index contributed by atoms with van der Waals surface area (Å²) < 4.78 is 0. The van der Waals surface area contributed by atoms with Crippen molar-refractivity contribution in [3.63, 3.8) is 0 Å². The number of rotatable bonds is 3. The highest BCUT2D eigenvalue weighted by Gasteiger charge is 2.28. The van der Waals surface area contributed by atoms with Crippen molar-refractivity contribution in [3.8, 4) is 0 Å². The van der Waals surface area contributed by atoms with Gasteiger partial charge in [0.05, 0.1) is 10.6 Å². The molecule has 0 aliphatic heterocycles. The smallest absolute Gasteiger partial charge is 0.267 e. The van der Waals surface area contributed by atoms with Gasteiger partial charge in [-0.2, -0.15) is 0 Å². The summed E-state index contributed by atoms with van der Waals surface area (Å²) in [6.07, 6.45) is 2.34. The number of pyridine rings is 1. The van der Waals surface area contributed by atoms with Gasteiger partial charge in [-0.1, -0.05) is 6.07 Å². The first-order valence-electron chi connectivity index (χ1n) is 8.05. The number of nitrogens with one attached hydrogen (secondary N) is 1. The van der Waals surface area contributed by atoms with E-state index in [1.165, 1.54) is 24.2 Å². The van der Waals surface area contributed by atoms with Crippen LogP contribution in [0.25, 0.3) is 10.2 Å². The maximum absolute atomic E-state index is 12.7. The van der Waals surface area contributed by atoms with Crippen molar-refractivity contribution in [1.29, 1.82) is 0 Å². The van der Waals surface area contributed by atoms with Crippen LogP contribution in [0, 0.1) is 20.8 Å². The second kappa shape index (κ2) is 5.63. The molecule has 0 unspecified atom stereocenters. The maximum atomic E-state index is 12.7. The highest BCUT2D eigenvalue weighted by Crippen LogP contribution is 2.40. The standard InChI is InChI=1S/C18H18N4OS/c1-9-5-4-6-13(19-9)21-17(23)15-10(2)14-11(3)20-16(12-7-8-12)22-18(14)24-15/h4-6,12H,7-8H2,1-3H3,(H,19,21,23). The van der Waals surface area contributed by atoms with Crippen LogP contribution in [0.1, 0.15) is 51.2 Å². The molecule has 1 fully saturated rings. The van der Waals surface area contributed by atoms with E-state index in [4.69, 9.17) is 4.98 Å².